The fourth-order valence-corrected chi connectivity index (χ4v) is 4.44. The first-order valence-electron chi connectivity index (χ1n) is 9.45. The highest BCUT2D eigenvalue weighted by atomic mass is 32.2. The fourth-order valence-electron chi connectivity index (χ4n) is 3.38. The molecule has 2 aromatic carbocycles. The Morgan fingerprint density at radius 1 is 1.14 bits per heavy atom. The summed E-state index contributed by atoms with van der Waals surface area (Å²) in [4.78, 5) is 32.8. The number of carbonyl (C=O) groups excluding carboxylic acids is 2. The third kappa shape index (κ3) is 3.63. The van der Waals surface area contributed by atoms with E-state index in [-0.39, 0.29) is 11.8 Å². The van der Waals surface area contributed by atoms with E-state index < -0.39 is 0 Å². The van der Waals surface area contributed by atoms with E-state index in [4.69, 9.17) is 0 Å². The Morgan fingerprint density at radius 3 is 2.76 bits per heavy atom. The van der Waals surface area contributed by atoms with Gasteiger partial charge < -0.3 is 10.2 Å². The topological polar surface area (TPSA) is 62.3 Å². The van der Waals surface area contributed by atoms with Crippen LogP contribution >= 0.6 is 11.8 Å². The van der Waals surface area contributed by atoms with Gasteiger partial charge in [-0.15, -0.1) is 0 Å². The number of benzene rings is 2. The van der Waals surface area contributed by atoms with Crippen LogP contribution in [0, 0.1) is 13.8 Å². The maximum atomic E-state index is 13.0. The van der Waals surface area contributed by atoms with Crippen LogP contribution in [0.15, 0.2) is 64.6 Å². The summed E-state index contributed by atoms with van der Waals surface area (Å²) >= 11 is 1.44. The lowest BCUT2D eigenvalue weighted by Gasteiger charge is -2.21. The van der Waals surface area contributed by atoms with Crippen LogP contribution in [0.2, 0.25) is 0 Å². The van der Waals surface area contributed by atoms with Crippen molar-refractivity contribution in [3.05, 3.63) is 77.0 Å². The van der Waals surface area contributed by atoms with Gasteiger partial charge in [0.05, 0.1) is 11.3 Å². The van der Waals surface area contributed by atoms with Crippen molar-refractivity contribution in [1.29, 1.82) is 0 Å². The maximum absolute atomic E-state index is 13.0. The summed E-state index contributed by atoms with van der Waals surface area (Å²) in [5.41, 5.74) is 4.73. The van der Waals surface area contributed by atoms with Gasteiger partial charge in [0.1, 0.15) is 5.03 Å². The Hall–Kier alpha value is -3.12. The first kappa shape index (κ1) is 19.2. The van der Waals surface area contributed by atoms with Crippen molar-refractivity contribution in [3.8, 4) is 0 Å². The normalized spacial score (nSPS) is 12.8. The number of anilines is 2. The van der Waals surface area contributed by atoms with E-state index in [0.717, 1.165) is 21.7 Å². The van der Waals surface area contributed by atoms with Crippen molar-refractivity contribution in [2.24, 2.45) is 0 Å². The van der Waals surface area contributed by atoms with Crippen LogP contribution in [0.4, 0.5) is 11.4 Å². The number of carbonyl (C=O) groups is 2. The first-order chi connectivity index (χ1) is 14.0. The summed E-state index contributed by atoms with van der Waals surface area (Å²) in [6.45, 7) is 6.39. The lowest BCUT2D eigenvalue weighted by Crippen LogP contribution is -2.30. The average molecular weight is 404 g/mol. The summed E-state index contributed by atoms with van der Waals surface area (Å²) in [7, 11) is 0. The van der Waals surface area contributed by atoms with Crippen LogP contribution in [-0.4, -0.2) is 23.3 Å². The molecule has 2 amide bonds. The molecule has 1 N–H and O–H groups in total. The molecule has 0 aliphatic carbocycles. The van der Waals surface area contributed by atoms with Crippen LogP contribution in [-0.2, 0) is 0 Å². The molecule has 0 unspecified atom stereocenters. The summed E-state index contributed by atoms with van der Waals surface area (Å²) in [6, 6.07) is 15.0. The number of pyridine rings is 1. The number of hydrogen-bond donors (Lipinski definition) is 1. The molecule has 3 aromatic rings. The predicted molar refractivity (Wildman–Crippen MR) is 116 cm³/mol. The quantitative estimate of drug-likeness (QED) is 0.662. The van der Waals surface area contributed by atoms with Crippen molar-refractivity contribution in [3.63, 3.8) is 0 Å². The lowest BCUT2D eigenvalue weighted by atomic mass is 10.0. The van der Waals surface area contributed by atoms with Crippen LogP contribution in [0.1, 0.15) is 38.8 Å². The molecule has 1 aromatic heterocycles. The van der Waals surface area contributed by atoms with Gasteiger partial charge in [-0.25, -0.2) is 4.98 Å². The SMILES string of the molecule is CCN1C(=O)c2cccnc2Sc2cc(NC(=O)c3cc(C)ccc3C)ccc21. The number of rotatable bonds is 3. The van der Waals surface area contributed by atoms with Gasteiger partial charge in [-0.1, -0.05) is 29.5 Å². The molecule has 0 bridgehead atoms. The number of amides is 2. The number of nitrogens with one attached hydrogen (secondary N) is 1. The number of aryl methyl sites for hydroxylation is 2. The highest BCUT2D eigenvalue weighted by molar-refractivity contribution is 7.99. The minimum absolute atomic E-state index is 0.0611. The van der Waals surface area contributed by atoms with Crippen molar-refractivity contribution >= 4 is 35.0 Å². The maximum Gasteiger partial charge on any atom is 0.261 e. The molecule has 0 saturated carbocycles. The van der Waals surface area contributed by atoms with Crippen LogP contribution in [0.3, 0.4) is 0 Å². The smallest absolute Gasteiger partial charge is 0.261 e. The molecule has 0 spiro atoms. The first-order valence-corrected chi connectivity index (χ1v) is 10.3. The third-order valence-corrected chi connectivity index (χ3v) is 5.98. The van der Waals surface area contributed by atoms with Gasteiger partial charge in [0.15, 0.2) is 0 Å². The number of aromatic nitrogens is 1. The Bertz CT molecular complexity index is 1130. The van der Waals surface area contributed by atoms with Gasteiger partial charge >= 0.3 is 0 Å². The van der Waals surface area contributed by atoms with Crippen molar-refractivity contribution in [2.75, 3.05) is 16.8 Å². The van der Waals surface area contributed by atoms with Crippen molar-refractivity contribution in [1.82, 2.24) is 4.98 Å². The van der Waals surface area contributed by atoms with Crippen molar-refractivity contribution in [2.45, 2.75) is 30.7 Å². The number of hydrogen-bond acceptors (Lipinski definition) is 4. The molecular weight excluding hydrogens is 382 g/mol. The second-order valence-corrected chi connectivity index (χ2v) is 7.99. The van der Waals surface area contributed by atoms with Gasteiger partial charge in [-0.2, -0.15) is 0 Å². The van der Waals surface area contributed by atoms with E-state index in [1.165, 1.54) is 11.8 Å². The van der Waals surface area contributed by atoms with Gasteiger partial charge in [0, 0.05) is 28.9 Å². The molecule has 1 aliphatic heterocycles. The van der Waals surface area contributed by atoms with Gasteiger partial charge in [-0.3, -0.25) is 9.59 Å². The molecule has 6 heteroatoms. The van der Waals surface area contributed by atoms with E-state index in [1.807, 2.05) is 57.2 Å². The molecule has 0 atom stereocenters. The second kappa shape index (κ2) is 7.72. The minimum Gasteiger partial charge on any atom is -0.322 e. The zero-order chi connectivity index (χ0) is 20.5. The fraction of sp³-hybridized carbons (Fsp3) is 0.174. The minimum atomic E-state index is -0.147. The molecule has 0 radical (unpaired) electrons. The predicted octanol–water partition coefficient (Wildman–Crippen LogP) is 5.08. The van der Waals surface area contributed by atoms with Crippen molar-refractivity contribution < 1.29 is 9.59 Å². The standard InChI is InChI=1S/C23H21N3O2S/c1-4-26-19-10-9-16(25-21(27)18-12-14(2)7-8-15(18)3)13-20(19)29-22-17(23(26)28)6-5-11-24-22/h5-13H,4H2,1-3H3,(H,25,27). The summed E-state index contributed by atoms with van der Waals surface area (Å²) < 4.78 is 0. The van der Waals surface area contributed by atoms with Gasteiger partial charge in [0.2, 0.25) is 0 Å². The Morgan fingerprint density at radius 2 is 1.97 bits per heavy atom. The Kier molecular flexibility index (Phi) is 5.11. The molecule has 5 nitrogen and oxygen atoms in total. The zero-order valence-corrected chi connectivity index (χ0v) is 17.3. The van der Waals surface area contributed by atoms with Crippen LogP contribution in [0.25, 0.3) is 0 Å². The van der Waals surface area contributed by atoms with E-state index in [0.29, 0.717) is 28.4 Å². The van der Waals surface area contributed by atoms with Crippen LogP contribution < -0.4 is 10.2 Å². The van der Waals surface area contributed by atoms with Gasteiger partial charge in [-0.05, 0) is 62.7 Å². The van der Waals surface area contributed by atoms with E-state index in [1.54, 1.807) is 23.2 Å². The average Bonchev–Trinajstić information content (AvgIpc) is 2.83. The summed E-state index contributed by atoms with van der Waals surface area (Å²) in [5, 5.41) is 3.66. The monoisotopic (exact) mass is 403 g/mol. The Balaban J connectivity index is 1.70. The molecule has 4 rings (SSSR count). The molecule has 1 aliphatic rings. The molecule has 0 saturated heterocycles. The highest BCUT2D eigenvalue weighted by Gasteiger charge is 2.27. The molecule has 2 heterocycles. The van der Waals surface area contributed by atoms with Gasteiger partial charge in [0.25, 0.3) is 11.8 Å². The third-order valence-electron chi connectivity index (χ3n) is 4.92. The number of fused-ring (bicyclic) bond motifs is 2. The molecule has 0 fully saturated rings. The highest BCUT2D eigenvalue weighted by Crippen LogP contribution is 2.41. The van der Waals surface area contributed by atoms with E-state index >= 15 is 0 Å². The Labute approximate surface area is 174 Å². The lowest BCUT2D eigenvalue weighted by molar-refractivity contribution is 0.0983. The summed E-state index contributed by atoms with van der Waals surface area (Å²) in [6.07, 6.45) is 1.69. The largest absolute Gasteiger partial charge is 0.322 e. The molecule has 146 valence electrons. The van der Waals surface area contributed by atoms with Crippen LogP contribution in [0.5, 0.6) is 0 Å². The second-order valence-electron chi connectivity index (χ2n) is 6.96. The van der Waals surface area contributed by atoms with E-state index in [2.05, 4.69) is 10.3 Å². The van der Waals surface area contributed by atoms with E-state index in [9.17, 15) is 9.59 Å². The molecular formula is C23H21N3O2S. The zero-order valence-electron chi connectivity index (χ0n) is 16.5. The molecule has 29 heavy (non-hydrogen) atoms. The number of nitrogens with zero attached hydrogens (tertiary/aromatic N) is 2. The summed E-state index contributed by atoms with van der Waals surface area (Å²) in [5.74, 6) is -0.208.